The first-order valence-electron chi connectivity index (χ1n) is 12.4. The van der Waals surface area contributed by atoms with Crippen LogP contribution in [0.5, 0.6) is 0 Å². The molecule has 0 spiro atoms. The van der Waals surface area contributed by atoms with E-state index in [1.165, 1.54) is 20.8 Å². The molecule has 1 saturated heterocycles. The van der Waals surface area contributed by atoms with Gasteiger partial charge < -0.3 is 18.9 Å². The number of carbonyl (C=O) groups is 3. The van der Waals surface area contributed by atoms with Crippen LogP contribution < -0.4 is 0 Å². The van der Waals surface area contributed by atoms with E-state index in [0.717, 1.165) is 27.5 Å². The highest BCUT2D eigenvalue weighted by Gasteiger charge is 2.51. The highest BCUT2D eigenvalue weighted by atomic mass is 16.7. The van der Waals surface area contributed by atoms with Crippen molar-refractivity contribution in [2.75, 3.05) is 0 Å². The van der Waals surface area contributed by atoms with Gasteiger partial charge in [-0.3, -0.25) is 19.0 Å². The molecule has 4 aromatic rings. The molecule has 0 bridgehead atoms. The number of esters is 3. The van der Waals surface area contributed by atoms with E-state index in [1.54, 1.807) is 6.92 Å². The van der Waals surface area contributed by atoms with Crippen LogP contribution in [0.4, 0.5) is 0 Å². The third-order valence-electron chi connectivity index (χ3n) is 6.81. The van der Waals surface area contributed by atoms with Gasteiger partial charge in [0.25, 0.3) is 0 Å². The summed E-state index contributed by atoms with van der Waals surface area (Å²) < 4.78 is 25.0. The summed E-state index contributed by atoms with van der Waals surface area (Å²) in [6.45, 7) is 9.50. The molecule has 0 radical (unpaired) electrons. The van der Waals surface area contributed by atoms with Crippen LogP contribution in [0.1, 0.15) is 45.0 Å². The monoisotopic (exact) mass is 519 g/mol. The summed E-state index contributed by atoms with van der Waals surface area (Å²) in [6.07, 6.45) is -4.94. The predicted molar refractivity (Wildman–Crippen MR) is 138 cm³/mol. The lowest BCUT2D eigenvalue weighted by molar-refractivity contribution is -0.258. The molecule has 0 amide bonds. The number of aromatic nitrogens is 3. The summed E-state index contributed by atoms with van der Waals surface area (Å²) in [6, 6.07) is 11.6. The van der Waals surface area contributed by atoms with Gasteiger partial charge in [0.2, 0.25) is 0 Å². The largest absolute Gasteiger partial charge is 0.456 e. The van der Waals surface area contributed by atoms with Gasteiger partial charge in [-0.1, -0.05) is 18.2 Å². The first-order chi connectivity index (χ1) is 18.0. The van der Waals surface area contributed by atoms with Crippen LogP contribution in [0.25, 0.3) is 33.1 Å². The summed E-state index contributed by atoms with van der Waals surface area (Å²) in [5, 5.41) is 0.833. The van der Waals surface area contributed by atoms with E-state index < -0.39 is 48.6 Å². The molecule has 198 valence electrons. The summed E-state index contributed by atoms with van der Waals surface area (Å²) in [5.74, 6) is -1.81. The molecule has 1 fully saturated rings. The van der Waals surface area contributed by atoms with Crippen molar-refractivity contribution >= 4 is 51.0 Å². The molecule has 38 heavy (non-hydrogen) atoms. The molecule has 0 unspecified atom stereocenters. The van der Waals surface area contributed by atoms with E-state index in [1.807, 2.05) is 54.8 Å². The number of para-hydroxylation sites is 1. The Labute approximate surface area is 218 Å². The molecule has 10 heteroatoms. The van der Waals surface area contributed by atoms with Gasteiger partial charge in [0.15, 0.2) is 30.2 Å². The minimum atomic E-state index is -1.15. The van der Waals surface area contributed by atoms with Gasteiger partial charge >= 0.3 is 17.9 Å². The number of hydrogen-bond acceptors (Lipinski definition) is 9. The Balaban J connectivity index is 1.77. The lowest BCUT2D eigenvalue weighted by Gasteiger charge is -2.44. The third-order valence-corrected chi connectivity index (χ3v) is 6.81. The van der Waals surface area contributed by atoms with Crippen molar-refractivity contribution in [1.82, 2.24) is 14.5 Å². The molecule has 1 aliphatic heterocycles. The van der Waals surface area contributed by atoms with E-state index >= 15 is 0 Å². The summed E-state index contributed by atoms with van der Waals surface area (Å²) in [4.78, 5) is 46.2. The standard InChI is InChI=1S/C28H29N3O7/c1-13-11-20-21(12-14(13)2)30-27-23(29-20)19-9-7-8-10-22(19)31(27)28-26(38-18(6)34)25(37-17(5)33)24(15(3)35-28)36-16(4)32/h7-12,15,24-26,28H,1-6H3/t15-,24-,25+,26+,28-/m0/s1. The van der Waals surface area contributed by atoms with Crippen molar-refractivity contribution in [3.8, 4) is 0 Å². The summed E-state index contributed by atoms with van der Waals surface area (Å²) in [7, 11) is 0. The van der Waals surface area contributed by atoms with Crippen LogP contribution in [-0.2, 0) is 33.3 Å². The van der Waals surface area contributed by atoms with Crippen molar-refractivity contribution in [3.63, 3.8) is 0 Å². The maximum absolute atomic E-state index is 12.3. The fourth-order valence-corrected chi connectivity index (χ4v) is 5.10. The smallest absolute Gasteiger partial charge is 0.303 e. The molecule has 1 aliphatic rings. The van der Waals surface area contributed by atoms with Crippen LogP contribution in [-0.4, -0.2) is 56.9 Å². The Morgan fingerprint density at radius 2 is 1.37 bits per heavy atom. The number of aryl methyl sites for hydroxylation is 2. The number of carbonyl (C=O) groups excluding carboxylic acids is 3. The van der Waals surface area contributed by atoms with E-state index in [-0.39, 0.29) is 0 Å². The van der Waals surface area contributed by atoms with Crippen molar-refractivity contribution in [2.45, 2.75) is 72.2 Å². The number of fused-ring (bicyclic) bond motifs is 4. The van der Waals surface area contributed by atoms with Gasteiger partial charge in [-0.15, -0.1) is 0 Å². The van der Waals surface area contributed by atoms with E-state index in [2.05, 4.69) is 0 Å². The molecule has 0 N–H and O–H groups in total. The Hall–Kier alpha value is -4.05. The van der Waals surface area contributed by atoms with Crippen LogP contribution in [0.3, 0.4) is 0 Å². The van der Waals surface area contributed by atoms with Gasteiger partial charge in [0.1, 0.15) is 5.52 Å². The van der Waals surface area contributed by atoms with Gasteiger partial charge in [-0.2, -0.15) is 0 Å². The number of nitrogens with zero attached hydrogens (tertiary/aromatic N) is 3. The van der Waals surface area contributed by atoms with Crippen LogP contribution in [0.2, 0.25) is 0 Å². The molecule has 2 aromatic carbocycles. The first kappa shape index (κ1) is 25.6. The van der Waals surface area contributed by atoms with E-state index in [4.69, 9.17) is 28.9 Å². The van der Waals surface area contributed by atoms with Crippen molar-refractivity contribution in [3.05, 3.63) is 47.5 Å². The second-order valence-corrected chi connectivity index (χ2v) is 9.66. The first-order valence-corrected chi connectivity index (χ1v) is 12.4. The average molecular weight is 520 g/mol. The number of rotatable bonds is 4. The Bertz CT molecular complexity index is 1590. The van der Waals surface area contributed by atoms with Crippen molar-refractivity contribution < 1.29 is 33.3 Å². The van der Waals surface area contributed by atoms with Gasteiger partial charge in [-0.25, -0.2) is 9.97 Å². The second-order valence-electron chi connectivity index (χ2n) is 9.66. The molecule has 2 aromatic heterocycles. The van der Waals surface area contributed by atoms with Crippen LogP contribution in [0.15, 0.2) is 36.4 Å². The zero-order chi connectivity index (χ0) is 27.3. The summed E-state index contributed by atoms with van der Waals surface area (Å²) >= 11 is 0. The Morgan fingerprint density at radius 3 is 2.00 bits per heavy atom. The zero-order valence-corrected chi connectivity index (χ0v) is 22.1. The predicted octanol–water partition coefficient (Wildman–Crippen LogP) is 4.07. The van der Waals surface area contributed by atoms with Gasteiger partial charge in [0.05, 0.1) is 22.7 Å². The van der Waals surface area contributed by atoms with Gasteiger partial charge in [-0.05, 0) is 50.1 Å². The quantitative estimate of drug-likeness (QED) is 0.290. The molecule has 5 atom stereocenters. The average Bonchev–Trinajstić information content (AvgIpc) is 3.15. The minimum absolute atomic E-state index is 0.517. The maximum atomic E-state index is 12.3. The lowest BCUT2D eigenvalue weighted by atomic mass is 9.97. The molecule has 0 aliphatic carbocycles. The second kappa shape index (κ2) is 9.68. The number of hydrogen-bond donors (Lipinski definition) is 0. The molecule has 3 heterocycles. The fraction of sp³-hybridized carbons (Fsp3) is 0.393. The topological polar surface area (TPSA) is 119 Å². The highest BCUT2D eigenvalue weighted by Crippen LogP contribution is 2.39. The third kappa shape index (κ3) is 4.45. The molecule has 10 nitrogen and oxygen atoms in total. The highest BCUT2D eigenvalue weighted by molar-refractivity contribution is 6.06. The Kier molecular flexibility index (Phi) is 6.52. The van der Waals surface area contributed by atoms with Crippen LogP contribution in [0, 0.1) is 13.8 Å². The summed E-state index contributed by atoms with van der Waals surface area (Å²) in [5.41, 5.74) is 5.55. The molecular formula is C28H29N3O7. The number of benzene rings is 2. The van der Waals surface area contributed by atoms with Gasteiger partial charge in [0, 0.05) is 26.2 Å². The molecule has 5 rings (SSSR count). The Morgan fingerprint density at radius 1 is 0.816 bits per heavy atom. The molecule has 0 saturated carbocycles. The zero-order valence-electron chi connectivity index (χ0n) is 22.1. The van der Waals surface area contributed by atoms with Crippen LogP contribution >= 0.6 is 0 Å². The number of ether oxygens (including phenoxy) is 4. The SMILES string of the molecule is CC(=O)O[C@@H]1[C@@H](OC(C)=O)[C@H](C)O[C@H](n2c3ccccc3c3nc4cc(C)c(C)cc4nc32)[C@@H]1OC(C)=O. The fourth-order valence-electron chi connectivity index (χ4n) is 5.10. The molecular weight excluding hydrogens is 490 g/mol. The minimum Gasteiger partial charge on any atom is -0.456 e. The van der Waals surface area contributed by atoms with Crippen molar-refractivity contribution in [2.24, 2.45) is 0 Å². The maximum Gasteiger partial charge on any atom is 0.303 e. The van der Waals surface area contributed by atoms with E-state index in [0.29, 0.717) is 16.7 Å². The lowest BCUT2D eigenvalue weighted by Crippen LogP contribution is -2.58. The van der Waals surface area contributed by atoms with Crippen molar-refractivity contribution in [1.29, 1.82) is 0 Å². The normalized spacial score (nSPS) is 23.5. The van der Waals surface area contributed by atoms with E-state index in [9.17, 15) is 14.4 Å².